The highest BCUT2D eigenvalue weighted by Gasteiger charge is 2.49. The molecule has 6 heteroatoms. The van der Waals surface area contributed by atoms with Gasteiger partial charge in [-0.1, -0.05) is 0 Å². The van der Waals surface area contributed by atoms with Crippen molar-refractivity contribution in [1.29, 1.82) is 0 Å². The second-order valence-corrected chi connectivity index (χ2v) is 6.89. The standard InChI is InChI=1S/C18H20N4O2/c23-16(13-1-5-19-6-2-13)21-15-9-18(10-15)4-8-22(12-18)17(24)14-3-7-20-11-14/h1-3,5-7,11,15,20H,4,8-10,12H2,(H,21,23). The molecule has 1 aliphatic carbocycles. The topological polar surface area (TPSA) is 78.1 Å². The molecule has 4 rings (SSSR count). The number of likely N-dealkylation sites (tertiary alicyclic amines) is 1. The van der Waals surface area contributed by atoms with Gasteiger partial charge in [0.25, 0.3) is 11.8 Å². The first kappa shape index (κ1) is 14.9. The number of aromatic nitrogens is 2. The lowest BCUT2D eigenvalue weighted by Crippen LogP contribution is -2.52. The predicted octanol–water partition coefficient (Wildman–Crippen LogP) is 1.83. The van der Waals surface area contributed by atoms with Crippen molar-refractivity contribution in [2.45, 2.75) is 25.3 Å². The normalized spacial score (nSPS) is 25.5. The molecule has 124 valence electrons. The molecule has 6 nitrogen and oxygen atoms in total. The SMILES string of the molecule is O=C(NC1CC2(CCN(C(=O)c3cc[nH]c3)C2)C1)c1ccncc1. The fourth-order valence-corrected chi connectivity index (χ4v) is 3.94. The van der Waals surface area contributed by atoms with Crippen molar-refractivity contribution < 1.29 is 9.59 Å². The van der Waals surface area contributed by atoms with E-state index in [0.717, 1.165) is 32.4 Å². The number of hydrogen-bond acceptors (Lipinski definition) is 3. The number of pyridine rings is 1. The summed E-state index contributed by atoms with van der Waals surface area (Å²) in [4.78, 5) is 33.4. The minimum absolute atomic E-state index is 0.0458. The van der Waals surface area contributed by atoms with Crippen molar-refractivity contribution in [3.05, 3.63) is 54.1 Å². The number of aromatic amines is 1. The molecular formula is C18H20N4O2. The van der Waals surface area contributed by atoms with E-state index in [4.69, 9.17) is 0 Å². The van der Waals surface area contributed by atoms with Crippen molar-refractivity contribution in [2.24, 2.45) is 5.41 Å². The lowest BCUT2D eigenvalue weighted by atomic mass is 9.65. The van der Waals surface area contributed by atoms with Crippen molar-refractivity contribution in [2.75, 3.05) is 13.1 Å². The molecular weight excluding hydrogens is 304 g/mol. The van der Waals surface area contributed by atoms with E-state index in [1.165, 1.54) is 0 Å². The Labute approximate surface area is 140 Å². The fraction of sp³-hybridized carbons (Fsp3) is 0.389. The number of nitrogens with zero attached hydrogens (tertiary/aromatic N) is 2. The Bertz CT molecular complexity index is 736. The van der Waals surface area contributed by atoms with Crippen LogP contribution in [0.5, 0.6) is 0 Å². The van der Waals surface area contributed by atoms with Crippen molar-refractivity contribution in [3.8, 4) is 0 Å². The smallest absolute Gasteiger partial charge is 0.255 e. The summed E-state index contributed by atoms with van der Waals surface area (Å²) in [5.74, 6) is 0.0490. The Kier molecular flexibility index (Phi) is 3.59. The minimum Gasteiger partial charge on any atom is -0.367 e. The van der Waals surface area contributed by atoms with Crippen LogP contribution >= 0.6 is 0 Å². The third-order valence-corrected chi connectivity index (χ3v) is 5.21. The van der Waals surface area contributed by atoms with Crippen LogP contribution in [0.25, 0.3) is 0 Å². The third kappa shape index (κ3) is 2.68. The first-order chi connectivity index (χ1) is 11.7. The van der Waals surface area contributed by atoms with E-state index < -0.39 is 0 Å². The van der Waals surface area contributed by atoms with Gasteiger partial charge in [0.2, 0.25) is 0 Å². The number of carbonyl (C=O) groups excluding carboxylic acids is 2. The molecule has 2 aromatic rings. The van der Waals surface area contributed by atoms with Gasteiger partial charge in [-0.2, -0.15) is 0 Å². The average Bonchev–Trinajstić information content (AvgIpc) is 3.24. The zero-order valence-corrected chi connectivity index (χ0v) is 13.4. The Hall–Kier alpha value is -2.63. The van der Waals surface area contributed by atoms with Crippen LogP contribution in [-0.4, -0.2) is 45.8 Å². The summed E-state index contributed by atoms with van der Waals surface area (Å²) in [6, 6.07) is 5.45. The van der Waals surface area contributed by atoms with E-state index in [1.807, 2.05) is 11.0 Å². The minimum atomic E-state index is -0.0458. The van der Waals surface area contributed by atoms with Gasteiger partial charge >= 0.3 is 0 Å². The van der Waals surface area contributed by atoms with Crippen LogP contribution in [0, 0.1) is 5.41 Å². The third-order valence-electron chi connectivity index (χ3n) is 5.21. The lowest BCUT2D eigenvalue weighted by molar-refractivity contribution is 0.0610. The Morgan fingerprint density at radius 3 is 2.71 bits per heavy atom. The summed E-state index contributed by atoms with van der Waals surface area (Å²) in [7, 11) is 0. The van der Waals surface area contributed by atoms with E-state index in [1.54, 1.807) is 36.9 Å². The van der Waals surface area contributed by atoms with E-state index in [0.29, 0.717) is 11.1 Å². The predicted molar refractivity (Wildman–Crippen MR) is 88.5 cm³/mol. The highest BCUT2D eigenvalue weighted by Crippen LogP contribution is 2.48. The van der Waals surface area contributed by atoms with Gasteiger partial charge in [0.15, 0.2) is 0 Å². The molecule has 2 N–H and O–H groups in total. The number of nitrogens with one attached hydrogen (secondary N) is 2. The molecule has 1 saturated heterocycles. The van der Waals surface area contributed by atoms with Crippen LogP contribution in [0.3, 0.4) is 0 Å². The summed E-state index contributed by atoms with van der Waals surface area (Å²) in [6.07, 6.45) is 9.67. The van der Waals surface area contributed by atoms with Gasteiger partial charge in [0.1, 0.15) is 0 Å². The van der Waals surface area contributed by atoms with E-state index in [9.17, 15) is 9.59 Å². The molecule has 2 amide bonds. The van der Waals surface area contributed by atoms with Crippen LogP contribution in [0.1, 0.15) is 40.0 Å². The molecule has 3 heterocycles. The Morgan fingerprint density at radius 2 is 2.00 bits per heavy atom. The lowest BCUT2D eigenvalue weighted by Gasteiger charge is -2.45. The maximum Gasteiger partial charge on any atom is 0.255 e. The van der Waals surface area contributed by atoms with E-state index in [-0.39, 0.29) is 23.3 Å². The van der Waals surface area contributed by atoms with Gasteiger partial charge in [-0.25, -0.2) is 0 Å². The van der Waals surface area contributed by atoms with Crippen LogP contribution in [-0.2, 0) is 0 Å². The van der Waals surface area contributed by atoms with Gasteiger partial charge in [-0.3, -0.25) is 14.6 Å². The molecule has 1 aliphatic heterocycles. The average molecular weight is 324 g/mol. The van der Waals surface area contributed by atoms with Gasteiger partial charge in [0, 0.05) is 49.5 Å². The van der Waals surface area contributed by atoms with E-state index >= 15 is 0 Å². The number of amides is 2. The number of H-pyrrole nitrogens is 1. The number of rotatable bonds is 3. The molecule has 1 spiro atoms. The van der Waals surface area contributed by atoms with Crippen LogP contribution in [0.2, 0.25) is 0 Å². The second kappa shape index (κ2) is 5.78. The van der Waals surface area contributed by atoms with Crippen LogP contribution in [0.4, 0.5) is 0 Å². The summed E-state index contributed by atoms with van der Waals surface area (Å²) in [6.45, 7) is 1.59. The monoisotopic (exact) mass is 324 g/mol. The second-order valence-electron chi connectivity index (χ2n) is 6.89. The van der Waals surface area contributed by atoms with Gasteiger partial charge in [-0.05, 0) is 42.9 Å². The molecule has 2 aliphatic rings. The van der Waals surface area contributed by atoms with Crippen molar-refractivity contribution >= 4 is 11.8 Å². The van der Waals surface area contributed by atoms with Crippen LogP contribution in [0.15, 0.2) is 43.0 Å². The zero-order chi connectivity index (χ0) is 16.6. The molecule has 0 unspecified atom stereocenters. The van der Waals surface area contributed by atoms with Gasteiger partial charge < -0.3 is 15.2 Å². The molecule has 0 atom stereocenters. The summed E-state index contributed by atoms with van der Waals surface area (Å²) >= 11 is 0. The van der Waals surface area contributed by atoms with Crippen molar-refractivity contribution in [3.63, 3.8) is 0 Å². The maximum absolute atomic E-state index is 12.4. The summed E-state index contributed by atoms with van der Waals surface area (Å²) < 4.78 is 0. The molecule has 2 fully saturated rings. The largest absolute Gasteiger partial charge is 0.367 e. The molecule has 2 aromatic heterocycles. The Morgan fingerprint density at radius 1 is 1.21 bits per heavy atom. The highest BCUT2D eigenvalue weighted by molar-refractivity contribution is 5.95. The fourth-order valence-electron chi connectivity index (χ4n) is 3.94. The molecule has 0 bridgehead atoms. The quantitative estimate of drug-likeness (QED) is 0.904. The molecule has 0 radical (unpaired) electrons. The van der Waals surface area contributed by atoms with Crippen LogP contribution < -0.4 is 5.32 Å². The summed E-state index contributed by atoms with van der Waals surface area (Å²) in [5, 5.41) is 3.08. The Balaban J connectivity index is 1.31. The van der Waals surface area contributed by atoms with Gasteiger partial charge in [-0.15, -0.1) is 0 Å². The van der Waals surface area contributed by atoms with Crippen molar-refractivity contribution in [1.82, 2.24) is 20.2 Å². The zero-order valence-electron chi connectivity index (χ0n) is 13.4. The maximum atomic E-state index is 12.4. The first-order valence-corrected chi connectivity index (χ1v) is 8.28. The molecule has 0 aromatic carbocycles. The number of carbonyl (C=O) groups is 2. The molecule has 24 heavy (non-hydrogen) atoms. The number of hydrogen-bond donors (Lipinski definition) is 2. The first-order valence-electron chi connectivity index (χ1n) is 8.28. The highest BCUT2D eigenvalue weighted by atomic mass is 16.2. The summed E-state index contributed by atoms with van der Waals surface area (Å²) in [5.41, 5.74) is 1.54. The van der Waals surface area contributed by atoms with E-state index in [2.05, 4.69) is 15.3 Å². The molecule has 1 saturated carbocycles. The van der Waals surface area contributed by atoms with Gasteiger partial charge in [0.05, 0.1) is 5.56 Å².